The lowest BCUT2D eigenvalue weighted by Crippen LogP contribution is -3.07. The van der Waals surface area contributed by atoms with Crippen LogP contribution >= 0.6 is 0 Å². The van der Waals surface area contributed by atoms with Crippen LogP contribution in [0.3, 0.4) is 0 Å². The SMILES string of the molecule is C=CCC(C=C)OC(=O)COCCOCCOC[NH+]([O-])OC(C=C)CC=C. The Balaban J connectivity index is 3.55. The first-order valence-electron chi connectivity index (χ1n) is 8.66. The lowest BCUT2D eigenvalue weighted by molar-refractivity contribution is -1.07. The van der Waals surface area contributed by atoms with Crippen LogP contribution < -0.4 is 5.23 Å². The van der Waals surface area contributed by atoms with Crippen molar-refractivity contribution in [1.29, 1.82) is 0 Å². The number of hydroxylamine groups is 2. The van der Waals surface area contributed by atoms with E-state index in [1.165, 1.54) is 12.2 Å². The zero-order chi connectivity index (χ0) is 20.3. The molecule has 0 aromatic heterocycles. The minimum Gasteiger partial charge on any atom is -0.598 e. The van der Waals surface area contributed by atoms with E-state index in [1.807, 2.05) is 0 Å². The normalized spacial score (nSPS) is 14.0. The molecule has 0 aliphatic heterocycles. The summed E-state index contributed by atoms with van der Waals surface area (Å²) in [6.45, 7) is 15.0. The Kier molecular flexibility index (Phi) is 16.4. The van der Waals surface area contributed by atoms with E-state index in [1.54, 1.807) is 12.2 Å². The molecule has 0 saturated carbocycles. The van der Waals surface area contributed by atoms with E-state index < -0.39 is 23.4 Å². The highest BCUT2D eigenvalue weighted by Crippen LogP contribution is 2.01. The Morgan fingerprint density at radius 1 is 0.889 bits per heavy atom. The van der Waals surface area contributed by atoms with Crippen molar-refractivity contribution >= 4 is 5.97 Å². The van der Waals surface area contributed by atoms with Gasteiger partial charge in [-0.15, -0.1) is 19.7 Å². The first-order valence-corrected chi connectivity index (χ1v) is 8.66. The van der Waals surface area contributed by atoms with Gasteiger partial charge < -0.3 is 24.2 Å². The highest BCUT2D eigenvalue weighted by atomic mass is 16.9. The van der Waals surface area contributed by atoms with E-state index in [-0.39, 0.29) is 39.8 Å². The summed E-state index contributed by atoms with van der Waals surface area (Å²) < 4.78 is 20.7. The van der Waals surface area contributed by atoms with Crippen LogP contribution in [-0.2, 0) is 28.6 Å². The third kappa shape index (κ3) is 15.0. The number of ether oxygens (including phenoxy) is 4. The van der Waals surface area contributed by atoms with Crippen molar-refractivity contribution in [2.45, 2.75) is 25.0 Å². The molecule has 0 fully saturated rings. The molecular formula is C19H31NO7. The minimum atomic E-state index is -0.474. The number of rotatable bonds is 19. The maximum atomic E-state index is 11.5. The molecule has 0 spiro atoms. The number of carbonyl (C=O) groups excluding carboxylic acids is 1. The Labute approximate surface area is 161 Å². The Bertz CT molecular complexity index is 442. The lowest BCUT2D eigenvalue weighted by Gasteiger charge is -2.22. The summed E-state index contributed by atoms with van der Waals surface area (Å²) in [5.74, 6) is -0.474. The number of carbonyl (C=O) groups is 1. The fourth-order valence-corrected chi connectivity index (χ4v) is 1.77. The largest absolute Gasteiger partial charge is 0.598 e. The van der Waals surface area contributed by atoms with Crippen LogP contribution in [0.4, 0.5) is 0 Å². The molecule has 1 N–H and O–H groups in total. The second-order valence-electron chi connectivity index (χ2n) is 5.29. The standard InChI is InChI=1S/C19H31NO7/c1-5-9-17(7-3)26-19(21)15-24-13-11-23-12-14-25-16-20(22)27-18(8-4)10-6-2/h5-8,17-18,20H,1-4,9-16H2. The van der Waals surface area contributed by atoms with Gasteiger partial charge in [0.1, 0.15) is 18.8 Å². The summed E-state index contributed by atoms with van der Waals surface area (Å²) in [7, 11) is 0. The van der Waals surface area contributed by atoms with Crippen molar-refractivity contribution in [2.75, 3.05) is 39.8 Å². The summed E-state index contributed by atoms with van der Waals surface area (Å²) in [6.07, 6.45) is 6.60. The Hall–Kier alpha value is -1.81. The van der Waals surface area contributed by atoms with Crippen LogP contribution in [-0.4, -0.2) is 57.9 Å². The van der Waals surface area contributed by atoms with Gasteiger partial charge in [-0.1, -0.05) is 30.9 Å². The van der Waals surface area contributed by atoms with Gasteiger partial charge in [-0.25, -0.2) is 10.0 Å². The quantitative estimate of drug-likeness (QED) is 0.117. The average molecular weight is 385 g/mol. The first kappa shape index (κ1) is 25.2. The summed E-state index contributed by atoms with van der Waals surface area (Å²) in [4.78, 5) is 16.6. The van der Waals surface area contributed by atoms with E-state index in [0.29, 0.717) is 12.8 Å². The Morgan fingerprint density at radius 3 is 2.04 bits per heavy atom. The predicted molar refractivity (Wildman–Crippen MR) is 102 cm³/mol. The number of esters is 1. The van der Waals surface area contributed by atoms with Crippen molar-refractivity contribution in [3.05, 3.63) is 55.8 Å². The molecule has 0 rings (SSSR count). The number of hydrogen-bond donors (Lipinski definition) is 1. The zero-order valence-corrected chi connectivity index (χ0v) is 15.8. The summed E-state index contributed by atoms with van der Waals surface area (Å²) in [5.41, 5.74) is 0. The molecule has 0 bridgehead atoms. The summed E-state index contributed by atoms with van der Waals surface area (Å²) in [5, 5.41) is 11.0. The van der Waals surface area contributed by atoms with Crippen LogP contribution in [0.5, 0.6) is 0 Å². The molecule has 0 aliphatic carbocycles. The van der Waals surface area contributed by atoms with E-state index in [4.69, 9.17) is 23.8 Å². The highest BCUT2D eigenvalue weighted by molar-refractivity contribution is 5.71. The molecule has 0 saturated heterocycles. The smallest absolute Gasteiger partial charge is 0.332 e. The second kappa shape index (κ2) is 17.6. The molecule has 0 heterocycles. The van der Waals surface area contributed by atoms with E-state index >= 15 is 0 Å². The predicted octanol–water partition coefficient (Wildman–Crippen LogP) is 1.11. The van der Waals surface area contributed by atoms with Gasteiger partial charge in [0, 0.05) is 12.8 Å². The van der Waals surface area contributed by atoms with Crippen LogP contribution in [0.25, 0.3) is 0 Å². The van der Waals surface area contributed by atoms with Gasteiger partial charge in [0.15, 0.2) is 0 Å². The molecule has 3 unspecified atom stereocenters. The minimum absolute atomic E-state index is 0.164. The van der Waals surface area contributed by atoms with Crippen LogP contribution in [0.2, 0.25) is 0 Å². The number of hydrogen-bond acceptors (Lipinski definition) is 7. The second-order valence-corrected chi connectivity index (χ2v) is 5.29. The average Bonchev–Trinajstić information content (AvgIpc) is 2.65. The maximum absolute atomic E-state index is 11.5. The topological polar surface area (TPSA) is 90.7 Å². The third-order valence-electron chi connectivity index (χ3n) is 3.07. The van der Waals surface area contributed by atoms with Gasteiger partial charge in [0.2, 0.25) is 6.73 Å². The Morgan fingerprint density at radius 2 is 1.44 bits per heavy atom. The van der Waals surface area contributed by atoms with Crippen molar-refractivity contribution in [1.82, 2.24) is 0 Å². The van der Waals surface area contributed by atoms with Gasteiger partial charge in [-0.05, 0) is 0 Å². The fraction of sp³-hybridized carbons (Fsp3) is 0.526. The molecule has 0 aromatic carbocycles. The van der Waals surface area contributed by atoms with Crippen molar-refractivity contribution < 1.29 is 33.8 Å². The molecule has 0 aliphatic rings. The molecule has 0 amide bonds. The molecule has 8 heteroatoms. The highest BCUT2D eigenvalue weighted by Gasteiger charge is 2.10. The lowest BCUT2D eigenvalue weighted by atomic mass is 10.2. The van der Waals surface area contributed by atoms with Crippen LogP contribution in [0.1, 0.15) is 12.8 Å². The summed E-state index contributed by atoms with van der Waals surface area (Å²) in [6, 6.07) is 0. The van der Waals surface area contributed by atoms with Crippen LogP contribution in [0, 0.1) is 5.21 Å². The van der Waals surface area contributed by atoms with E-state index in [2.05, 4.69) is 26.3 Å². The maximum Gasteiger partial charge on any atom is 0.332 e. The monoisotopic (exact) mass is 385 g/mol. The number of nitrogens with one attached hydrogen (secondary N) is 1. The molecule has 154 valence electrons. The van der Waals surface area contributed by atoms with E-state index in [0.717, 1.165) is 0 Å². The van der Waals surface area contributed by atoms with Crippen molar-refractivity contribution in [3.63, 3.8) is 0 Å². The van der Waals surface area contributed by atoms with Gasteiger partial charge in [0.05, 0.1) is 26.4 Å². The number of quaternary nitrogens is 1. The first-order chi connectivity index (χ1) is 13.1. The van der Waals surface area contributed by atoms with Gasteiger partial charge in [-0.2, -0.15) is 4.84 Å². The van der Waals surface area contributed by atoms with Crippen molar-refractivity contribution in [3.8, 4) is 0 Å². The van der Waals surface area contributed by atoms with Crippen molar-refractivity contribution in [2.24, 2.45) is 0 Å². The van der Waals surface area contributed by atoms with E-state index in [9.17, 15) is 10.0 Å². The zero-order valence-electron chi connectivity index (χ0n) is 15.8. The molecule has 0 aromatic rings. The van der Waals surface area contributed by atoms with Gasteiger partial charge >= 0.3 is 5.97 Å². The molecule has 0 radical (unpaired) electrons. The third-order valence-corrected chi connectivity index (χ3v) is 3.07. The van der Waals surface area contributed by atoms with Gasteiger partial charge in [-0.3, -0.25) is 0 Å². The molecule has 8 nitrogen and oxygen atoms in total. The fourth-order valence-electron chi connectivity index (χ4n) is 1.77. The molecular weight excluding hydrogens is 354 g/mol. The summed E-state index contributed by atoms with van der Waals surface area (Å²) >= 11 is 0. The van der Waals surface area contributed by atoms with Crippen LogP contribution in [0.15, 0.2) is 50.6 Å². The molecule has 27 heavy (non-hydrogen) atoms. The van der Waals surface area contributed by atoms with Gasteiger partial charge in [0.25, 0.3) is 0 Å². The molecule has 3 atom stereocenters.